The van der Waals surface area contributed by atoms with E-state index in [1.807, 2.05) is 0 Å². The van der Waals surface area contributed by atoms with Gasteiger partial charge in [0.25, 0.3) is 0 Å². The first-order valence-electron chi connectivity index (χ1n) is 8.13. The smallest absolute Gasteiger partial charge is 0.338 e. The first-order chi connectivity index (χ1) is 12.2. The highest BCUT2D eigenvalue weighted by molar-refractivity contribution is 9.09. The molecule has 1 N–H and O–H groups in total. The van der Waals surface area contributed by atoms with Crippen LogP contribution in [0, 0.1) is 0 Å². The topological polar surface area (TPSA) is 99.1 Å². The zero-order valence-corrected chi connectivity index (χ0v) is 16.1. The fraction of sp³-hybridized carbons (Fsp3) is 0.500. The first kappa shape index (κ1) is 20.4. The molecule has 0 aromatic heterocycles. The predicted octanol–water partition coefficient (Wildman–Crippen LogP) is 2.00. The summed E-state index contributed by atoms with van der Waals surface area (Å²) in [4.78, 5) is 34.3. The van der Waals surface area contributed by atoms with E-state index in [1.165, 1.54) is 13.8 Å². The number of hydrogen-bond donors (Lipinski definition) is 1. The van der Waals surface area contributed by atoms with Gasteiger partial charge in [-0.2, -0.15) is 0 Å². The van der Waals surface area contributed by atoms with Gasteiger partial charge in [-0.25, -0.2) is 4.79 Å². The number of carbonyl (C=O) groups excluding carboxylic acids is 3. The highest BCUT2D eigenvalue weighted by Crippen LogP contribution is 2.37. The molecule has 0 amide bonds. The zero-order valence-electron chi connectivity index (χ0n) is 14.5. The summed E-state index contributed by atoms with van der Waals surface area (Å²) >= 11 is 3.40. The number of halogens is 1. The molecular weight excluding hydrogens is 408 g/mol. The molecule has 7 nitrogen and oxygen atoms in total. The minimum atomic E-state index is -1.39. The van der Waals surface area contributed by atoms with Gasteiger partial charge in [0.2, 0.25) is 0 Å². The Balaban J connectivity index is 2.15. The van der Waals surface area contributed by atoms with Crippen LogP contribution in [0.5, 0.6) is 0 Å². The van der Waals surface area contributed by atoms with Crippen molar-refractivity contribution >= 4 is 33.8 Å². The summed E-state index contributed by atoms with van der Waals surface area (Å²) < 4.78 is 15.7. The van der Waals surface area contributed by atoms with Crippen LogP contribution in [0.3, 0.4) is 0 Å². The maximum atomic E-state index is 12.4. The number of benzene rings is 1. The van der Waals surface area contributed by atoms with E-state index >= 15 is 0 Å². The summed E-state index contributed by atoms with van der Waals surface area (Å²) in [6, 6.07) is 8.44. The molecule has 26 heavy (non-hydrogen) atoms. The average Bonchev–Trinajstić information content (AvgIpc) is 2.56. The molecule has 4 atom stereocenters. The van der Waals surface area contributed by atoms with E-state index in [-0.39, 0.29) is 19.4 Å². The Labute approximate surface area is 159 Å². The Morgan fingerprint density at radius 2 is 1.77 bits per heavy atom. The molecule has 0 bridgehead atoms. The molecule has 1 saturated carbocycles. The molecule has 1 aliphatic rings. The number of rotatable bonds is 5. The van der Waals surface area contributed by atoms with E-state index in [1.54, 1.807) is 30.3 Å². The third kappa shape index (κ3) is 5.54. The van der Waals surface area contributed by atoms with Crippen LogP contribution in [0.1, 0.15) is 37.0 Å². The molecule has 0 heterocycles. The van der Waals surface area contributed by atoms with Gasteiger partial charge in [0.15, 0.2) is 6.10 Å². The first-order valence-corrected chi connectivity index (χ1v) is 9.05. The molecule has 0 unspecified atom stereocenters. The molecular formula is C18H21BrO7. The van der Waals surface area contributed by atoms with Gasteiger partial charge in [-0.1, -0.05) is 34.1 Å². The van der Waals surface area contributed by atoms with Gasteiger partial charge in [-0.3, -0.25) is 9.59 Å². The van der Waals surface area contributed by atoms with Crippen LogP contribution in [0.2, 0.25) is 0 Å². The Morgan fingerprint density at radius 1 is 1.12 bits per heavy atom. The van der Waals surface area contributed by atoms with Crippen molar-refractivity contribution in [2.45, 2.75) is 49.3 Å². The third-order valence-electron chi connectivity index (χ3n) is 3.99. The van der Waals surface area contributed by atoms with Crippen molar-refractivity contribution in [2.75, 3.05) is 6.61 Å². The van der Waals surface area contributed by atoms with Crippen LogP contribution in [0.25, 0.3) is 0 Å². The third-order valence-corrected chi connectivity index (χ3v) is 4.84. The summed E-state index contributed by atoms with van der Waals surface area (Å²) in [7, 11) is 0. The lowest BCUT2D eigenvalue weighted by Gasteiger charge is -2.42. The predicted molar refractivity (Wildman–Crippen MR) is 94.7 cm³/mol. The van der Waals surface area contributed by atoms with Crippen molar-refractivity contribution in [1.29, 1.82) is 0 Å². The largest absolute Gasteiger partial charge is 0.463 e. The minimum absolute atomic E-state index is 0.0192. The van der Waals surface area contributed by atoms with Crippen LogP contribution >= 0.6 is 15.9 Å². The second kappa shape index (κ2) is 8.64. The Morgan fingerprint density at radius 3 is 2.35 bits per heavy atom. The number of ether oxygens (including phenoxy) is 3. The number of aliphatic hydroxyl groups is 1. The van der Waals surface area contributed by atoms with Crippen molar-refractivity contribution in [2.24, 2.45) is 0 Å². The van der Waals surface area contributed by atoms with Gasteiger partial charge in [0.1, 0.15) is 18.3 Å². The molecule has 1 aromatic rings. The van der Waals surface area contributed by atoms with Crippen LogP contribution in [-0.2, 0) is 23.8 Å². The van der Waals surface area contributed by atoms with E-state index in [0.717, 1.165) is 0 Å². The second-order valence-corrected chi connectivity index (χ2v) is 7.49. The average molecular weight is 429 g/mol. The molecule has 142 valence electrons. The van der Waals surface area contributed by atoms with Gasteiger partial charge in [0, 0.05) is 20.3 Å². The molecule has 2 rings (SSSR count). The SMILES string of the molecule is CC(=O)OC[C@]1(O)C[C@H](Br)[C@@H](OC(=O)c2ccccc2)[C@H](OC(C)=O)C1. The molecule has 1 aliphatic carbocycles. The Kier molecular flexibility index (Phi) is 6.77. The Bertz CT molecular complexity index is 663. The van der Waals surface area contributed by atoms with Crippen LogP contribution in [-0.4, -0.2) is 52.3 Å². The highest BCUT2D eigenvalue weighted by Gasteiger charge is 2.48. The van der Waals surface area contributed by atoms with Gasteiger partial charge in [-0.15, -0.1) is 0 Å². The van der Waals surface area contributed by atoms with Gasteiger partial charge >= 0.3 is 17.9 Å². The van der Waals surface area contributed by atoms with Crippen molar-refractivity contribution in [3.05, 3.63) is 35.9 Å². The number of alkyl halides is 1. The summed E-state index contributed by atoms with van der Waals surface area (Å²) in [6.45, 7) is 2.24. The number of carbonyl (C=O) groups is 3. The fourth-order valence-corrected chi connectivity index (χ4v) is 3.93. The molecule has 8 heteroatoms. The van der Waals surface area contributed by atoms with Gasteiger partial charge in [-0.05, 0) is 18.6 Å². The van der Waals surface area contributed by atoms with Gasteiger partial charge < -0.3 is 19.3 Å². The van der Waals surface area contributed by atoms with E-state index in [9.17, 15) is 19.5 Å². The molecule has 1 aromatic carbocycles. The standard InChI is InChI=1S/C18H21BrO7/c1-11(20)24-10-18(23)8-14(19)16(15(9-18)25-12(2)21)26-17(22)13-6-4-3-5-7-13/h3-7,14-16,23H,8-10H2,1-2H3/t14-,15+,16+,18-/m0/s1. The maximum absolute atomic E-state index is 12.4. The monoisotopic (exact) mass is 428 g/mol. The number of esters is 3. The quantitative estimate of drug-likeness (QED) is 0.434. The number of hydrogen-bond acceptors (Lipinski definition) is 7. The maximum Gasteiger partial charge on any atom is 0.338 e. The van der Waals surface area contributed by atoms with E-state index in [2.05, 4.69) is 15.9 Å². The van der Waals surface area contributed by atoms with E-state index in [0.29, 0.717) is 5.56 Å². The summed E-state index contributed by atoms with van der Waals surface area (Å²) in [6.07, 6.45) is -1.53. The summed E-state index contributed by atoms with van der Waals surface area (Å²) in [5.74, 6) is -1.64. The molecule has 0 saturated heterocycles. The Hall–Kier alpha value is -1.93. The van der Waals surface area contributed by atoms with E-state index in [4.69, 9.17) is 14.2 Å². The van der Waals surface area contributed by atoms with Crippen molar-refractivity contribution in [3.8, 4) is 0 Å². The molecule has 0 spiro atoms. The lowest BCUT2D eigenvalue weighted by molar-refractivity contribution is -0.174. The molecule has 1 fully saturated rings. The van der Waals surface area contributed by atoms with Crippen LogP contribution in [0.15, 0.2) is 30.3 Å². The van der Waals surface area contributed by atoms with Crippen molar-refractivity contribution < 1.29 is 33.7 Å². The minimum Gasteiger partial charge on any atom is -0.463 e. The normalized spacial score (nSPS) is 28.1. The fourth-order valence-electron chi connectivity index (χ4n) is 2.88. The lowest BCUT2D eigenvalue weighted by atomic mass is 9.81. The lowest BCUT2D eigenvalue weighted by Crippen LogP contribution is -2.55. The molecule has 0 radical (unpaired) electrons. The van der Waals surface area contributed by atoms with Crippen molar-refractivity contribution in [3.63, 3.8) is 0 Å². The van der Waals surface area contributed by atoms with Crippen LogP contribution < -0.4 is 0 Å². The second-order valence-electron chi connectivity index (χ2n) is 6.31. The van der Waals surface area contributed by atoms with Crippen molar-refractivity contribution in [1.82, 2.24) is 0 Å². The van der Waals surface area contributed by atoms with Gasteiger partial charge in [0.05, 0.1) is 10.4 Å². The summed E-state index contributed by atoms with van der Waals surface area (Å²) in [5, 5.41) is 10.7. The highest BCUT2D eigenvalue weighted by atomic mass is 79.9. The summed E-state index contributed by atoms with van der Waals surface area (Å²) in [5.41, 5.74) is -1.02. The molecule has 0 aliphatic heterocycles. The zero-order chi connectivity index (χ0) is 19.3. The van der Waals surface area contributed by atoms with Crippen LogP contribution in [0.4, 0.5) is 0 Å². The van der Waals surface area contributed by atoms with E-state index < -0.39 is 40.5 Å².